The highest BCUT2D eigenvalue weighted by molar-refractivity contribution is 7.18. The van der Waals surface area contributed by atoms with Crippen LogP contribution in [0.1, 0.15) is 15.9 Å². The summed E-state index contributed by atoms with van der Waals surface area (Å²) in [6.07, 6.45) is 2.46. The first kappa shape index (κ1) is 17.4. The van der Waals surface area contributed by atoms with Gasteiger partial charge in [0.2, 0.25) is 0 Å². The molecule has 26 heavy (non-hydrogen) atoms. The van der Waals surface area contributed by atoms with Crippen LogP contribution in [0.15, 0.2) is 53.6 Å². The topological polar surface area (TPSA) is 107 Å². The molecule has 0 aliphatic rings. The van der Waals surface area contributed by atoms with Crippen LogP contribution in [0.5, 0.6) is 0 Å². The second-order valence-electron chi connectivity index (χ2n) is 5.16. The van der Waals surface area contributed by atoms with Gasteiger partial charge >= 0.3 is 5.00 Å². The van der Waals surface area contributed by atoms with Gasteiger partial charge in [0.1, 0.15) is 17.6 Å². The summed E-state index contributed by atoms with van der Waals surface area (Å²) < 4.78 is 15.0. The minimum absolute atomic E-state index is 0.00519. The number of nitrogens with one attached hydrogen (secondary N) is 1. The Hall–Kier alpha value is -3.40. The molecule has 0 saturated heterocycles. The van der Waals surface area contributed by atoms with E-state index in [0.29, 0.717) is 16.9 Å². The highest BCUT2D eigenvalue weighted by Crippen LogP contribution is 2.25. The molecule has 0 bridgehead atoms. The Labute approximate surface area is 149 Å². The van der Waals surface area contributed by atoms with Gasteiger partial charge in [-0.25, -0.2) is 9.37 Å². The van der Waals surface area contributed by atoms with Crippen molar-refractivity contribution in [3.05, 3.63) is 86.2 Å². The number of pyridine rings is 1. The number of aromatic nitrogens is 2. The molecular weight excluding hydrogens is 363 g/mol. The van der Waals surface area contributed by atoms with Gasteiger partial charge in [-0.1, -0.05) is 18.2 Å². The number of hydrogen-bond acceptors (Lipinski definition) is 6. The minimum atomic E-state index is -0.748. The molecule has 3 rings (SSSR count). The molecule has 2 heterocycles. The standard InChI is InChI=1S/C16H11FN4O4S/c17-12-6-2-1-4-10(12)9-20-7-3-5-11(15(20)23)14(22)19-16-18-8-13(26-16)21(24)25/h1-8H,9H2,(H,18,19,22). The Kier molecular flexibility index (Phi) is 4.85. The number of nitrogens with zero attached hydrogens (tertiary/aromatic N) is 3. The van der Waals surface area contributed by atoms with Gasteiger partial charge in [-0.05, 0) is 29.5 Å². The quantitative estimate of drug-likeness (QED) is 0.546. The largest absolute Gasteiger partial charge is 0.345 e. The lowest BCUT2D eigenvalue weighted by Gasteiger charge is -2.08. The van der Waals surface area contributed by atoms with Crippen molar-refractivity contribution in [2.75, 3.05) is 5.32 Å². The molecule has 10 heteroatoms. The van der Waals surface area contributed by atoms with E-state index in [1.54, 1.807) is 18.2 Å². The van der Waals surface area contributed by atoms with Crippen LogP contribution >= 0.6 is 11.3 Å². The molecule has 132 valence electrons. The molecule has 0 spiro atoms. The Balaban J connectivity index is 1.84. The van der Waals surface area contributed by atoms with Crippen LogP contribution in [0, 0.1) is 15.9 Å². The number of anilines is 1. The van der Waals surface area contributed by atoms with Crippen LogP contribution in [0.4, 0.5) is 14.5 Å². The summed E-state index contributed by atoms with van der Waals surface area (Å²) in [6.45, 7) is -0.0324. The van der Waals surface area contributed by atoms with E-state index in [1.165, 1.54) is 29.0 Å². The molecule has 0 atom stereocenters. The Morgan fingerprint density at radius 3 is 2.77 bits per heavy atom. The smallest absolute Gasteiger partial charge is 0.310 e. The molecule has 0 radical (unpaired) electrons. The van der Waals surface area contributed by atoms with E-state index < -0.39 is 22.2 Å². The number of carbonyl (C=O) groups is 1. The van der Waals surface area contributed by atoms with Gasteiger partial charge < -0.3 is 4.57 Å². The fraction of sp³-hybridized carbons (Fsp3) is 0.0625. The lowest BCUT2D eigenvalue weighted by Crippen LogP contribution is -2.29. The molecule has 0 aliphatic heterocycles. The lowest BCUT2D eigenvalue weighted by molar-refractivity contribution is -0.380. The van der Waals surface area contributed by atoms with Gasteiger partial charge in [0.25, 0.3) is 11.5 Å². The van der Waals surface area contributed by atoms with Crippen LogP contribution in [0.25, 0.3) is 0 Å². The third kappa shape index (κ3) is 3.64. The van der Waals surface area contributed by atoms with E-state index in [-0.39, 0.29) is 22.2 Å². The molecule has 1 amide bonds. The number of hydrogen-bond donors (Lipinski definition) is 1. The molecule has 0 unspecified atom stereocenters. The van der Waals surface area contributed by atoms with Gasteiger partial charge in [0.15, 0.2) is 5.13 Å². The van der Waals surface area contributed by atoms with Crippen LogP contribution < -0.4 is 10.9 Å². The van der Waals surface area contributed by atoms with Gasteiger partial charge in [-0.15, -0.1) is 0 Å². The highest BCUT2D eigenvalue weighted by Gasteiger charge is 2.17. The first-order valence-electron chi connectivity index (χ1n) is 7.30. The SMILES string of the molecule is O=C(Nc1ncc([N+](=O)[O-])s1)c1cccn(Cc2ccccc2F)c1=O. The first-order chi connectivity index (χ1) is 12.5. The number of thiazole rings is 1. The van der Waals surface area contributed by atoms with Gasteiger partial charge in [0, 0.05) is 11.8 Å². The molecule has 8 nitrogen and oxygen atoms in total. The average Bonchev–Trinajstić information content (AvgIpc) is 3.07. The van der Waals surface area contributed by atoms with Crippen molar-refractivity contribution in [2.45, 2.75) is 6.54 Å². The molecule has 2 aromatic heterocycles. The fourth-order valence-electron chi connectivity index (χ4n) is 2.22. The first-order valence-corrected chi connectivity index (χ1v) is 8.12. The number of rotatable bonds is 5. The Morgan fingerprint density at radius 2 is 2.08 bits per heavy atom. The fourth-order valence-corrected chi connectivity index (χ4v) is 2.84. The number of benzene rings is 1. The second kappa shape index (κ2) is 7.23. The zero-order valence-corrected chi connectivity index (χ0v) is 13.9. The number of halogens is 1. The average molecular weight is 374 g/mol. The van der Waals surface area contributed by atoms with Crippen LogP contribution in [0.2, 0.25) is 0 Å². The number of amides is 1. The van der Waals surface area contributed by atoms with Gasteiger partial charge in [0.05, 0.1) is 11.5 Å². The monoisotopic (exact) mass is 374 g/mol. The summed E-state index contributed by atoms with van der Waals surface area (Å²) in [5.74, 6) is -1.20. The van der Waals surface area contributed by atoms with Crippen molar-refractivity contribution in [1.82, 2.24) is 9.55 Å². The third-order valence-electron chi connectivity index (χ3n) is 3.46. The molecule has 0 aliphatic carbocycles. The molecule has 1 aromatic carbocycles. The highest BCUT2D eigenvalue weighted by atomic mass is 32.1. The van der Waals surface area contributed by atoms with Crippen molar-refractivity contribution in [3.63, 3.8) is 0 Å². The molecule has 0 fully saturated rings. The molecule has 3 aromatic rings. The Morgan fingerprint density at radius 1 is 1.31 bits per heavy atom. The summed E-state index contributed by atoms with van der Waals surface area (Å²) in [5, 5.41) is 12.8. The summed E-state index contributed by atoms with van der Waals surface area (Å²) >= 11 is 0.678. The maximum Gasteiger partial charge on any atom is 0.345 e. The lowest BCUT2D eigenvalue weighted by atomic mass is 10.2. The van der Waals surface area contributed by atoms with Gasteiger partial charge in [-0.3, -0.25) is 25.0 Å². The third-order valence-corrected chi connectivity index (χ3v) is 4.32. The maximum atomic E-state index is 13.8. The predicted molar refractivity (Wildman–Crippen MR) is 92.9 cm³/mol. The maximum absolute atomic E-state index is 13.8. The number of nitro groups is 1. The van der Waals surface area contributed by atoms with E-state index >= 15 is 0 Å². The van der Waals surface area contributed by atoms with E-state index in [9.17, 15) is 24.1 Å². The van der Waals surface area contributed by atoms with E-state index in [4.69, 9.17) is 0 Å². The number of carbonyl (C=O) groups excluding carboxylic acids is 1. The molecule has 1 N–H and O–H groups in total. The van der Waals surface area contributed by atoms with Gasteiger partial charge in [-0.2, -0.15) is 0 Å². The van der Waals surface area contributed by atoms with Crippen molar-refractivity contribution in [3.8, 4) is 0 Å². The summed E-state index contributed by atoms with van der Waals surface area (Å²) in [6, 6.07) is 8.82. The van der Waals surface area contributed by atoms with Crippen molar-refractivity contribution >= 4 is 27.4 Å². The minimum Gasteiger partial charge on any atom is -0.310 e. The van der Waals surface area contributed by atoms with Crippen LogP contribution in [-0.4, -0.2) is 20.4 Å². The van der Waals surface area contributed by atoms with E-state index in [0.717, 1.165) is 6.20 Å². The summed E-state index contributed by atoms with van der Waals surface area (Å²) in [4.78, 5) is 38.5. The predicted octanol–water partition coefficient (Wildman–Crippen LogP) is 2.65. The zero-order chi connectivity index (χ0) is 18.7. The van der Waals surface area contributed by atoms with Crippen LogP contribution in [0.3, 0.4) is 0 Å². The molecular formula is C16H11FN4O4S. The zero-order valence-electron chi connectivity index (χ0n) is 13.1. The van der Waals surface area contributed by atoms with Crippen molar-refractivity contribution in [2.24, 2.45) is 0 Å². The van der Waals surface area contributed by atoms with Crippen molar-refractivity contribution < 1.29 is 14.1 Å². The summed E-state index contributed by atoms with van der Waals surface area (Å²) in [7, 11) is 0. The van der Waals surface area contributed by atoms with Crippen LogP contribution in [-0.2, 0) is 6.54 Å². The molecule has 0 saturated carbocycles. The van der Waals surface area contributed by atoms with E-state index in [1.807, 2.05) is 0 Å². The Bertz CT molecular complexity index is 1050. The second-order valence-corrected chi connectivity index (χ2v) is 6.17. The summed E-state index contributed by atoms with van der Waals surface area (Å²) in [5.41, 5.74) is -0.483. The van der Waals surface area contributed by atoms with Crippen molar-refractivity contribution in [1.29, 1.82) is 0 Å². The normalized spacial score (nSPS) is 10.5. The van der Waals surface area contributed by atoms with E-state index in [2.05, 4.69) is 10.3 Å².